The maximum atomic E-state index is 13.3. The molecule has 0 spiro atoms. The summed E-state index contributed by atoms with van der Waals surface area (Å²) in [6.07, 6.45) is -0.582. The molecule has 1 unspecified atom stereocenters. The van der Waals surface area contributed by atoms with Gasteiger partial charge in [-0.15, -0.1) is 0 Å². The van der Waals surface area contributed by atoms with Crippen LogP contribution in [0.5, 0.6) is 17.2 Å². The molecule has 1 aliphatic heterocycles. The van der Waals surface area contributed by atoms with Crippen molar-refractivity contribution in [3.63, 3.8) is 0 Å². The molecule has 0 bridgehead atoms. The summed E-state index contributed by atoms with van der Waals surface area (Å²) in [4.78, 5) is 15.0. The Morgan fingerprint density at radius 3 is 2.29 bits per heavy atom. The van der Waals surface area contributed by atoms with Crippen molar-refractivity contribution in [2.24, 2.45) is 0 Å². The number of ether oxygens (including phenoxy) is 2. The smallest absolute Gasteiger partial charge is 0.262 e. The number of hydrogen-bond donors (Lipinski definition) is 2. The zero-order valence-electron chi connectivity index (χ0n) is 15.5. The second-order valence-electron chi connectivity index (χ2n) is 6.39. The van der Waals surface area contributed by atoms with Crippen molar-refractivity contribution in [3.05, 3.63) is 77.9 Å². The van der Waals surface area contributed by atoms with Crippen molar-refractivity contribution < 1.29 is 19.4 Å². The number of rotatable bonds is 4. The number of benzene rings is 3. The number of amides is 1. The maximum Gasteiger partial charge on any atom is 0.262 e. The zero-order valence-corrected chi connectivity index (χ0v) is 15.5. The van der Waals surface area contributed by atoms with Crippen LogP contribution in [0.1, 0.15) is 22.1 Å². The summed E-state index contributed by atoms with van der Waals surface area (Å²) in [7, 11) is 3.13. The molecule has 28 heavy (non-hydrogen) atoms. The van der Waals surface area contributed by atoms with E-state index in [1.807, 2.05) is 30.3 Å². The van der Waals surface area contributed by atoms with Crippen molar-refractivity contribution in [2.75, 3.05) is 24.4 Å². The third-order valence-corrected chi connectivity index (χ3v) is 4.81. The van der Waals surface area contributed by atoms with Gasteiger partial charge in [0.2, 0.25) is 0 Å². The lowest BCUT2D eigenvalue weighted by Crippen LogP contribution is -2.43. The highest BCUT2D eigenvalue weighted by atomic mass is 16.5. The summed E-state index contributed by atoms with van der Waals surface area (Å²) >= 11 is 0. The molecule has 0 fully saturated rings. The number of para-hydroxylation sites is 1. The van der Waals surface area contributed by atoms with Crippen LogP contribution in [0, 0.1) is 0 Å². The number of aromatic hydroxyl groups is 1. The summed E-state index contributed by atoms with van der Waals surface area (Å²) in [5.74, 6) is 1.13. The SMILES string of the molecule is COc1ccc(N2C(=O)c3ccccc3NC2c2ccc(OC)cc2O)cc1. The molecule has 0 saturated heterocycles. The molecule has 1 aliphatic rings. The fraction of sp³-hybridized carbons (Fsp3) is 0.136. The van der Waals surface area contributed by atoms with E-state index in [2.05, 4.69) is 5.32 Å². The predicted octanol–water partition coefficient (Wildman–Crippen LogP) is 4.18. The second-order valence-corrected chi connectivity index (χ2v) is 6.39. The van der Waals surface area contributed by atoms with Crippen molar-refractivity contribution in [1.82, 2.24) is 0 Å². The number of methoxy groups -OCH3 is 2. The number of nitrogens with zero attached hydrogens (tertiary/aromatic N) is 1. The molecule has 1 atom stereocenters. The number of hydrogen-bond acceptors (Lipinski definition) is 5. The average molecular weight is 376 g/mol. The van der Waals surface area contributed by atoms with Gasteiger partial charge in [0.15, 0.2) is 0 Å². The molecule has 2 N–H and O–H groups in total. The maximum absolute atomic E-state index is 13.3. The van der Waals surface area contributed by atoms with Crippen LogP contribution in [0.25, 0.3) is 0 Å². The van der Waals surface area contributed by atoms with Gasteiger partial charge in [-0.05, 0) is 48.5 Å². The second kappa shape index (κ2) is 7.15. The van der Waals surface area contributed by atoms with Crippen molar-refractivity contribution in [1.29, 1.82) is 0 Å². The Hall–Kier alpha value is -3.67. The fourth-order valence-electron chi connectivity index (χ4n) is 3.36. The van der Waals surface area contributed by atoms with E-state index < -0.39 is 6.17 Å². The van der Waals surface area contributed by atoms with Gasteiger partial charge >= 0.3 is 0 Å². The van der Waals surface area contributed by atoms with Crippen LogP contribution in [0.2, 0.25) is 0 Å². The molecule has 4 rings (SSSR count). The van der Waals surface area contributed by atoms with Crippen molar-refractivity contribution in [3.8, 4) is 17.2 Å². The Bertz CT molecular complexity index is 1020. The third kappa shape index (κ3) is 2.99. The highest BCUT2D eigenvalue weighted by molar-refractivity contribution is 6.12. The molecular formula is C22H20N2O4. The first-order valence-corrected chi connectivity index (χ1v) is 8.82. The number of phenols is 1. The van der Waals surface area contributed by atoms with Gasteiger partial charge in [-0.25, -0.2) is 0 Å². The summed E-state index contributed by atoms with van der Waals surface area (Å²) in [6.45, 7) is 0. The molecule has 6 heteroatoms. The number of phenolic OH excluding ortho intramolecular Hbond substituents is 1. The monoisotopic (exact) mass is 376 g/mol. The lowest BCUT2D eigenvalue weighted by Gasteiger charge is -2.38. The van der Waals surface area contributed by atoms with E-state index in [1.54, 1.807) is 42.3 Å². The first kappa shape index (κ1) is 17.7. The summed E-state index contributed by atoms with van der Waals surface area (Å²) in [6, 6.07) is 19.6. The molecule has 0 saturated carbocycles. The lowest BCUT2D eigenvalue weighted by molar-refractivity contribution is 0.0974. The molecule has 142 valence electrons. The first-order valence-electron chi connectivity index (χ1n) is 8.82. The third-order valence-electron chi connectivity index (χ3n) is 4.81. The van der Waals surface area contributed by atoms with E-state index in [0.717, 1.165) is 5.69 Å². The van der Waals surface area contributed by atoms with Crippen LogP contribution in [-0.4, -0.2) is 25.2 Å². The van der Waals surface area contributed by atoms with E-state index >= 15 is 0 Å². The average Bonchev–Trinajstić information content (AvgIpc) is 2.74. The van der Waals surface area contributed by atoms with Gasteiger partial charge in [-0.3, -0.25) is 9.69 Å². The van der Waals surface area contributed by atoms with Gasteiger partial charge in [-0.2, -0.15) is 0 Å². The van der Waals surface area contributed by atoms with E-state index in [4.69, 9.17) is 9.47 Å². The van der Waals surface area contributed by atoms with Crippen LogP contribution in [-0.2, 0) is 0 Å². The first-order chi connectivity index (χ1) is 13.6. The highest BCUT2D eigenvalue weighted by Crippen LogP contribution is 2.40. The van der Waals surface area contributed by atoms with Crippen molar-refractivity contribution >= 4 is 17.3 Å². The minimum absolute atomic E-state index is 0.0440. The predicted molar refractivity (Wildman–Crippen MR) is 107 cm³/mol. The minimum atomic E-state index is -0.582. The molecule has 3 aromatic carbocycles. The lowest BCUT2D eigenvalue weighted by atomic mass is 10.0. The van der Waals surface area contributed by atoms with Gasteiger partial charge < -0.3 is 19.9 Å². The molecule has 0 aliphatic carbocycles. The van der Waals surface area contributed by atoms with Crippen LogP contribution < -0.4 is 19.7 Å². The Morgan fingerprint density at radius 2 is 1.61 bits per heavy atom. The number of carbonyl (C=O) groups is 1. The van der Waals surface area contributed by atoms with Crippen molar-refractivity contribution in [2.45, 2.75) is 6.17 Å². The van der Waals surface area contributed by atoms with E-state index in [9.17, 15) is 9.90 Å². The van der Waals surface area contributed by atoms with E-state index in [1.165, 1.54) is 13.2 Å². The highest BCUT2D eigenvalue weighted by Gasteiger charge is 2.35. The summed E-state index contributed by atoms with van der Waals surface area (Å²) in [5.41, 5.74) is 2.55. The van der Waals surface area contributed by atoms with Crippen LogP contribution in [0.4, 0.5) is 11.4 Å². The van der Waals surface area contributed by atoms with Gasteiger partial charge in [0, 0.05) is 23.0 Å². The normalized spacial score (nSPS) is 15.6. The van der Waals surface area contributed by atoms with Crippen LogP contribution >= 0.6 is 0 Å². The molecular weight excluding hydrogens is 356 g/mol. The Labute approximate surface area is 162 Å². The fourth-order valence-corrected chi connectivity index (χ4v) is 3.36. The van der Waals surface area contributed by atoms with Gasteiger partial charge in [-0.1, -0.05) is 12.1 Å². The summed E-state index contributed by atoms with van der Waals surface area (Å²) < 4.78 is 10.4. The van der Waals surface area contributed by atoms with Gasteiger partial charge in [0.05, 0.1) is 19.8 Å². The molecule has 6 nitrogen and oxygen atoms in total. The number of nitrogens with one attached hydrogen (secondary N) is 1. The van der Waals surface area contributed by atoms with Crippen LogP contribution in [0.3, 0.4) is 0 Å². The minimum Gasteiger partial charge on any atom is -0.507 e. The molecule has 3 aromatic rings. The number of carbonyl (C=O) groups excluding carboxylic acids is 1. The Balaban J connectivity index is 1.84. The van der Waals surface area contributed by atoms with E-state index in [-0.39, 0.29) is 11.7 Å². The Kier molecular flexibility index (Phi) is 4.53. The van der Waals surface area contributed by atoms with Crippen LogP contribution in [0.15, 0.2) is 66.7 Å². The molecule has 1 amide bonds. The van der Waals surface area contributed by atoms with Gasteiger partial charge in [0.25, 0.3) is 5.91 Å². The molecule has 0 radical (unpaired) electrons. The van der Waals surface area contributed by atoms with Gasteiger partial charge in [0.1, 0.15) is 23.4 Å². The number of anilines is 2. The Morgan fingerprint density at radius 1 is 0.929 bits per heavy atom. The number of fused-ring (bicyclic) bond motifs is 1. The van der Waals surface area contributed by atoms with E-state index in [0.29, 0.717) is 28.3 Å². The topological polar surface area (TPSA) is 71.0 Å². The largest absolute Gasteiger partial charge is 0.507 e. The molecule has 0 aromatic heterocycles. The zero-order chi connectivity index (χ0) is 19.7. The standard InChI is InChI=1S/C22H20N2O4/c1-27-15-9-7-14(8-10-15)24-21(18-12-11-16(28-2)13-20(18)25)23-19-6-4-3-5-17(19)22(24)26/h3-13,21,23,25H,1-2H3. The molecule has 1 heterocycles. The quantitative estimate of drug-likeness (QED) is 0.715. The summed E-state index contributed by atoms with van der Waals surface area (Å²) in [5, 5.41) is 14.0.